The van der Waals surface area contributed by atoms with E-state index in [-0.39, 0.29) is 11.6 Å². The van der Waals surface area contributed by atoms with Gasteiger partial charge in [0.1, 0.15) is 11.5 Å². The van der Waals surface area contributed by atoms with Crippen LogP contribution in [0.3, 0.4) is 0 Å². The Kier molecular flexibility index (Phi) is 5.05. The summed E-state index contributed by atoms with van der Waals surface area (Å²) in [6.45, 7) is 1.53. The first-order chi connectivity index (χ1) is 12.1. The molecule has 0 bridgehead atoms. The summed E-state index contributed by atoms with van der Waals surface area (Å²) in [6.07, 6.45) is 0.382. The zero-order chi connectivity index (χ0) is 17.6. The van der Waals surface area contributed by atoms with Crippen molar-refractivity contribution < 1.29 is 14.3 Å². The molecule has 0 atom stereocenters. The van der Waals surface area contributed by atoms with Crippen LogP contribution in [0.4, 0.5) is 0 Å². The smallest absolute Gasteiger partial charge is 0.167 e. The van der Waals surface area contributed by atoms with Gasteiger partial charge in [-0.25, -0.2) is 0 Å². The van der Waals surface area contributed by atoms with Gasteiger partial charge in [0, 0.05) is 17.5 Å². The molecule has 0 aliphatic carbocycles. The maximum atomic E-state index is 12.3. The molecule has 0 N–H and O–H groups in total. The average Bonchev–Trinajstić information content (AvgIpc) is 2.63. The summed E-state index contributed by atoms with van der Waals surface area (Å²) < 4.78 is 5.74. The van der Waals surface area contributed by atoms with Gasteiger partial charge in [0.05, 0.1) is 0 Å². The maximum Gasteiger partial charge on any atom is 0.167 e. The van der Waals surface area contributed by atoms with E-state index < -0.39 is 0 Å². The molecular weight excluding hydrogens is 312 g/mol. The van der Waals surface area contributed by atoms with Gasteiger partial charge in [-0.1, -0.05) is 30.3 Å². The van der Waals surface area contributed by atoms with Gasteiger partial charge in [0.15, 0.2) is 11.6 Å². The monoisotopic (exact) mass is 330 g/mol. The number of carbonyl (C=O) groups is 2. The summed E-state index contributed by atoms with van der Waals surface area (Å²) in [5, 5.41) is 0. The number of ether oxygens (including phenoxy) is 1. The van der Waals surface area contributed by atoms with Gasteiger partial charge in [-0.15, -0.1) is 0 Å². The summed E-state index contributed by atoms with van der Waals surface area (Å²) in [4.78, 5) is 23.6. The molecule has 0 saturated carbocycles. The van der Waals surface area contributed by atoms with Crippen molar-refractivity contribution in [1.29, 1.82) is 0 Å². The minimum Gasteiger partial charge on any atom is -0.457 e. The molecule has 0 fully saturated rings. The van der Waals surface area contributed by atoms with Crippen molar-refractivity contribution in [3.8, 4) is 11.5 Å². The SMILES string of the molecule is CC(=O)c1ccc(Oc2ccc(C(=O)Cc3ccccc3)cc2)cc1. The summed E-state index contributed by atoms with van der Waals surface area (Å²) in [5.74, 6) is 1.39. The van der Waals surface area contributed by atoms with E-state index in [9.17, 15) is 9.59 Å². The predicted molar refractivity (Wildman–Crippen MR) is 97.4 cm³/mol. The fourth-order valence-corrected chi connectivity index (χ4v) is 2.49. The molecule has 3 heteroatoms. The number of ketones is 2. The van der Waals surface area contributed by atoms with Crippen LogP contribution in [-0.4, -0.2) is 11.6 Å². The lowest BCUT2D eigenvalue weighted by atomic mass is 10.0. The van der Waals surface area contributed by atoms with E-state index in [1.54, 1.807) is 48.5 Å². The van der Waals surface area contributed by atoms with E-state index in [1.807, 2.05) is 30.3 Å². The first kappa shape index (κ1) is 16.7. The highest BCUT2D eigenvalue weighted by molar-refractivity contribution is 5.97. The zero-order valence-electron chi connectivity index (χ0n) is 13.9. The van der Waals surface area contributed by atoms with Crippen molar-refractivity contribution in [1.82, 2.24) is 0 Å². The molecule has 25 heavy (non-hydrogen) atoms. The van der Waals surface area contributed by atoms with E-state index in [0.29, 0.717) is 29.0 Å². The van der Waals surface area contributed by atoms with E-state index in [1.165, 1.54) is 6.92 Å². The molecule has 0 unspecified atom stereocenters. The molecule has 0 radical (unpaired) electrons. The molecule has 3 rings (SSSR count). The van der Waals surface area contributed by atoms with Crippen LogP contribution in [0.1, 0.15) is 33.2 Å². The van der Waals surface area contributed by atoms with E-state index in [0.717, 1.165) is 5.56 Å². The number of benzene rings is 3. The molecule has 0 aromatic heterocycles. The quantitative estimate of drug-likeness (QED) is 0.590. The number of Topliss-reactive ketones (excluding diaryl/α,β-unsaturated/α-hetero) is 2. The van der Waals surface area contributed by atoms with Gasteiger partial charge in [0.2, 0.25) is 0 Å². The Morgan fingerprint density at radius 1 is 0.720 bits per heavy atom. The standard InChI is InChI=1S/C22H18O3/c1-16(23)18-7-11-20(12-8-18)25-21-13-9-19(10-14-21)22(24)15-17-5-3-2-4-6-17/h2-14H,15H2,1H3. The Morgan fingerprint density at radius 2 is 1.24 bits per heavy atom. The molecule has 0 spiro atoms. The third kappa shape index (κ3) is 4.42. The normalized spacial score (nSPS) is 10.3. The topological polar surface area (TPSA) is 43.4 Å². The molecule has 124 valence electrons. The molecule has 0 heterocycles. The van der Waals surface area contributed by atoms with Crippen LogP contribution in [0, 0.1) is 0 Å². The lowest BCUT2D eigenvalue weighted by Crippen LogP contribution is -2.03. The first-order valence-electron chi connectivity index (χ1n) is 8.08. The summed E-state index contributed by atoms with van der Waals surface area (Å²) in [7, 11) is 0. The van der Waals surface area contributed by atoms with Crippen LogP contribution in [0.15, 0.2) is 78.9 Å². The molecular formula is C22H18O3. The van der Waals surface area contributed by atoms with Crippen LogP contribution in [0.5, 0.6) is 11.5 Å². The molecule has 3 aromatic carbocycles. The Bertz CT molecular complexity index is 863. The lowest BCUT2D eigenvalue weighted by molar-refractivity contribution is 0.0990. The lowest BCUT2D eigenvalue weighted by Gasteiger charge is -2.07. The summed E-state index contributed by atoms with van der Waals surface area (Å²) in [6, 6.07) is 23.7. The number of hydrogen-bond donors (Lipinski definition) is 0. The summed E-state index contributed by atoms with van der Waals surface area (Å²) >= 11 is 0. The highest BCUT2D eigenvalue weighted by Crippen LogP contribution is 2.22. The number of rotatable bonds is 6. The molecule has 0 amide bonds. The highest BCUT2D eigenvalue weighted by Gasteiger charge is 2.07. The van der Waals surface area contributed by atoms with E-state index in [2.05, 4.69) is 0 Å². The average molecular weight is 330 g/mol. The number of carbonyl (C=O) groups excluding carboxylic acids is 2. The van der Waals surface area contributed by atoms with Gasteiger partial charge in [0.25, 0.3) is 0 Å². The molecule has 3 aromatic rings. The molecule has 3 nitrogen and oxygen atoms in total. The van der Waals surface area contributed by atoms with E-state index >= 15 is 0 Å². The summed E-state index contributed by atoms with van der Waals surface area (Å²) in [5.41, 5.74) is 2.30. The van der Waals surface area contributed by atoms with Crippen LogP contribution >= 0.6 is 0 Å². The molecule has 0 aliphatic rings. The van der Waals surface area contributed by atoms with Gasteiger partial charge in [-0.3, -0.25) is 9.59 Å². The Hall–Kier alpha value is -3.20. The maximum absolute atomic E-state index is 12.3. The third-order valence-corrected chi connectivity index (χ3v) is 3.88. The second-order valence-electron chi connectivity index (χ2n) is 5.79. The van der Waals surface area contributed by atoms with Crippen molar-refractivity contribution >= 4 is 11.6 Å². The third-order valence-electron chi connectivity index (χ3n) is 3.88. The molecule has 0 aliphatic heterocycles. The van der Waals surface area contributed by atoms with Crippen LogP contribution in [-0.2, 0) is 6.42 Å². The largest absolute Gasteiger partial charge is 0.457 e. The van der Waals surface area contributed by atoms with Crippen molar-refractivity contribution in [2.24, 2.45) is 0 Å². The Morgan fingerprint density at radius 3 is 1.76 bits per heavy atom. The van der Waals surface area contributed by atoms with Gasteiger partial charge >= 0.3 is 0 Å². The fraction of sp³-hybridized carbons (Fsp3) is 0.0909. The van der Waals surface area contributed by atoms with Gasteiger partial charge in [-0.05, 0) is 61.0 Å². The number of hydrogen-bond acceptors (Lipinski definition) is 3. The van der Waals surface area contributed by atoms with Gasteiger partial charge in [-0.2, -0.15) is 0 Å². The van der Waals surface area contributed by atoms with Crippen molar-refractivity contribution in [3.63, 3.8) is 0 Å². The molecule has 0 saturated heterocycles. The fourth-order valence-electron chi connectivity index (χ4n) is 2.49. The first-order valence-corrected chi connectivity index (χ1v) is 8.08. The second kappa shape index (κ2) is 7.58. The van der Waals surface area contributed by atoms with Crippen molar-refractivity contribution in [2.45, 2.75) is 13.3 Å². The Balaban J connectivity index is 1.65. The zero-order valence-corrected chi connectivity index (χ0v) is 13.9. The van der Waals surface area contributed by atoms with Crippen molar-refractivity contribution in [3.05, 3.63) is 95.6 Å². The highest BCUT2D eigenvalue weighted by atomic mass is 16.5. The minimum atomic E-state index is 0.0211. The second-order valence-corrected chi connectivity index (χ2v) is 5.79. The minimum absolute atomic E-state index is 0.0211. The van der Waals surface area contributed by atoms with Crippen LogP contribution in [0.2, 0.25) is 0 Å². The van der Waals surface area contributed by atoms with Crippen molar-refractivity contribution in [2.75, 3.05) is 0 Å². The predicted octanol–water partition coefficient (Wildman–Crippen LogP) is 5.11. The van der Waals surface area contributed by atoms with Crippen LogP contribution in [0.25, 0.3) is 0 Å². The van der Waals surface area contributed by atoms with Gasteiger partial charge < -0.3 is 4.74 Å². The van der Waals surface area contributed by atoms with Crippen LogP contribution < -0.4 is 4.74 Å². The Labute approximate surface area is 146 Å². The van der Waals surface area contributed by atoms with E-state index in [4.69, 9.17) is 4.74 Å².